The van der Waals surface area contributed by atoms with Crippen LogP contribution in [0.5, 0.6) is 0 Å². The van der Waals surface area contributed by atoms with Gasteiger partial charge in [0.25, 0.3) is 0 Å². The molecule has 8 heteroatoms. The molecule has 0 aliphatic carbocycles. The van der Waals surface area contributed by atoms with Crippen LogP contribution in [-0.4, -0.2) is 25.0 Å². The molecular weight excluding hydrogens is 431 g/mol. The van der Waals surface area contributed by atoms with Gasteiger partial charge in [-0.2, -0.15) is 0 Å². The predicted molar refractivity (Wildman–Crippen MR) is 118 cm³/mol. The van der Waals surface area contributed by atoms with Crippen molar-refractivity contribution < 1.29 is 13.2 Å². The summed E-state index contributed by atoms with van der Waals surface area (Å²) in [6.45, 7) is 1.83. The second-order valence-electron chi connectivity index (χ2n) is 6.88. The highest BCUT2D eigenvalue weighted by molar-refractivity contribution is 7.92. The Kier molecular flexibility index (Phi) is 6.08. The maximum Gasteiger partial charge on any atom is 0.229 e. The highest BCUT2D eigenvalue weighted by Gasteiger charge is 2.23. The molecule has 2 aromatic carbocycles. The number of nitrogens with zero attached hydrogens (tertiary/aromatic N) is 1. The number of ketones is 1. The number of aromatic nitrogens is 1. The van der Waals surface area contributed by atoms with Crippen LogP contribution in [0.2, 0.25) is 10.0 Å². The number of nitrogens with one attached hydrogen (secondary N) is 1. The van der Waals surface area contributed by atoms with Crippen LogP contribution in [-0.2, 0) is 23.5 Å². The molecule has 1 heterocycles. The van der Waals surface area contributed by atoms with Gasteiger partial charge in [0, 0.05) is 35.4 Å². The third-order valence-corrected chi connectivity index (χ3v) is 5.99. The molecule has 0 aliphatic heterocycles. The van der Waals surface area contributed by atoms with Crippen LogP contribution >= 0.6 is 23.2 Å². The molecule has 1 N–H and O–H groups in total. The van der Waals surface area contributed by atoms with Gasteiger partial charge in [0.05, 0.1) is 17.0 Å². The lowest BCUT2D eigenvalue weighted by Gasteiger charge is -2.09. The fourth-order valence-corrected chi connectivity index (χ4v) is 4.18. The number of sulfonamides is 1. The number of hydrogen-bond acceptors (Lipinski definition) is 3. The second kappa shape index (κ2) is 8.22. The van der Waals surface area contributed by atoms with Crippen LogP contribution in [0.3, 0.4) is 0 Å². The van der Waals surface area contributed by atoms with Crippen LogP contribution in [0.4, 0.5) is 5.69 Å². The molecule has 0 saturated heterocycles. The van der Waals surface area contributed by atoms with Gasteiger partial charge in [-0.05, 0) is 54.4 Å². The quantitative estimate of drug-likeness (QED) is 0.546. The molecular formula is C21H20Cl2N2O3S. The Morgan fingerprint density at radius 3 is 2.17 bits per heavy atom. The molecule has 0 amide bonds. The number of carbonyl (C=O) groups is 1. The molecule has 5 nitrogen and oxygen atoms in total. The summed E-state index contributed by atoms with van der Waals surface area (Å²) in [4.78, 5) is 13.0. The molecule has 0 aliphatic rings. The fourth-order valence-electron chi connectivity index (χ4n) is 3.21. The number of halogens is 2. The summed E-state index contributed by atoms with van der Waals surface area (Å²) >= 11 is 12.5. The zero-order valence-corrected chi connectivity index (χ0v) is 18.5. The van der Waals surface area contributed by atoms with E-state index < -0.39 is 10.0 Å². The lowest BCUT2D eigenvalue weighted by Crippen LogP contribution is -2.11. The molecule has 152 valence electrons. The fraction of sp³-hybridized carbons (Fsp3) is 0.190. The van der Waals surface area contributed by atoms with Gasteiger partial charge in [0.15, 0.2) is 0 Å². The van der Waals surface area contributed by atoms with Crippen LogP contribution in [0, 0.1) is 6.92 Å². The molecule has 0 fully saturated rings. The summed E-state index contributed by atoms with van der Waals surface area (Å²) in [5.41, 5.74) is 4.03. The summed E-state index contributed by atoms with van der Waals surface area (Å²) in [6.07, 6.45) is 1.61. The third-order valence-electron chi connectivity index (χ3n) is 4.63. The molecule has 1 aromatic heterocycles. The Balaban J connectivity index is 1.90. The summed E-state index contributed by atoms with van der Waals surface area (Å²) in [7, 11) is -1.51. The van der Waals surface area contributed by atoms with Gasteiger partial charge in [-0.25, -0.2) is 8.42 Å². The zero-order valence-electron chi connectivity index (χ0n) is 16.2. The van der Waals surface area contributed by atoms with Crippen LogP contribution in [0.1, 0.15) is 32.9 Å². The first-order chi connectivity index (χ1) is 13.6. The summed E-state index contributed by atoms with van der Waals surface area (Å²) in [5, 5.41) is 1.11. The summed E-state index contributed by atoms with van der Waals surface area (Å²) < 4.78 is 26.9. The van der Waals surface area contributed by atoms with Crippen molar-refractivity contribution in [1.29, 1.82) is 0 Å². The highest BCUT2D eigenvalue weighted by atomic mass is 35.5. The Morgan fingerprint density at radius 1 is 1.03 bits per heavy atom. The van der Waals surface area contributed by atoms with E-state index in [2.05, 4.69) is 4.72 Å². The Morgan fingerprint density at radius 2 is 1.62 bits per heavy atom. The topological polar surface area (TPSA) is 68.2 Å². The molecule has 0 bridgehead atoms. The third kappa shape index (κ3) is 4.83. The van der Waals surface area contributed by atoms with E-state index in [1.54, 1.807) is 36.4 Å². The first-order valence-electron chi connectivity index (χ1n) is 8.77. The van der Waals surface area contributed by atoms with E-state index in [0.29, 0.717) is 33.4 Å². The van der Waals surface area contributed by atoms with Gasteiger partial charge in [-0.1, -0.05) is 35.3 Å². The monoisotopic (exact) mass is 450 g/mol. The van der Waals surface area contributed by atoms with Crippen molar-refractivity contribution in [1.82, 2.24) is 4.57 Å². The summed E-state index contributed by atoms with van der Waals surface area (Å²) in [5.74, 6) is -0.123. The maximum absolute atomic E-state index is 13.0. The van der Waals surface area contributed by atoms with Crippen molar-refractivity contribution in [3.8, 4) is 0 Å². The normalized spacial score (nSPS) is 11.5. The van der Waals surface area contributed by atoms with Gasteiger partial charge in [0.2, 0.25) is 15.8 Å². The maximum atomic E-state index is 13.0. The smallest absolute Gasteiger partial charge is 0.229 e. The first-order valence-corrected chi connectivity index (χ1v) is 11.4. The van der Waals surface area contributed by atoms with E-state index in [9.17, 15) is 13.2 Å². The van der Waals surface area contributed by atoms with E-state index in [0.717, 1.165) is 23.1 Å². The number of carbonyl (C=O) groups excluding carboxylic acids is 1. The first kappa shape index (κ1) is 21.4. The zero-order chi connectivity index (χ0) is 21.3. The molecule has 3 rings (SSSR count). The van der Waals surface area contributed by atoms with Crippen molar-refractivity contribution in [2.45, 2.75) is 13.3 Å². The lowest BCUT2D eigenvalue weighted by molar-refractivity contribution is 0.103. The molecule has 0 saturated carbocycles. The van der Waals surface area contributed by atoms with E-state index in [-0.39, 0.29) is 5.78 Å². The Bertz CT molecular complexity index is 1170. The molecule has 3 aromatic rings. The average molecular weight is 451 g/mol. The van der Waals surface area contributed by atoms with Crippen molar-refractivity contribution in [3.63, 3.8) is 0 Å². The minimum atomic E-state index is -3.32. The van der Waals surface area contributed by atoms with E-state index in [1.165, 1.54) is 0 Å². The van der Waals surface area contributed by atoms with E-state index >= 15 is 0 Å². The molecule has 29 heavy (non-hydrogen) atoms. The van der Waals surface area contributed by atoms with Crippen molar-refractivity contribution >= 4 is 44.7 Å². The number of anilines is 1. The van der Waals surface area contributed by atoms with Crippen molar-refractivity contribution in [3.05, 3.63) is 86.7 Å². The van der Waals surface area contributed by atoms with Gasteiger partial charge in [-0.3, -0.25) is 9.52 Å². The SMILES string of the molecule is Cc1c(Cl)c(Cc2ccc(NS(C)(=O)=O)cc2)n(C)c1C(=O)c1ccc(Cl)cc1. The number of benzene rings is 2. The molecule has 0 radical (unpaired) electrons. The standard InChI is InChI=1S/C21H20Cl2N2O3S/c1-13-19(23)18(12-14-4-10-17(11-5-14)24-29(3,27)28)25(2)20(13)21(26)15-6-8-16(22)9-7-15/h4-11,24H,12H2,1-3H3. The predicted octanol–water partition coefficient (Wildman–Crippen LogP) is 4.83. The van der Waals surface area contributed by atoms with Gasteiger partial charge in [0.1, 0.15) is 0 Å². The molecule has 0 spiro atoms. The van der Waals surface area contributed by atoms with E-state index in [4.69, 9.17) is 23.2 Å². The molecule has 0 atom stereocenters. The average Bonchev–Trinajstić information content (AvgIpc) is 2.85. The molecule has 0 unspecified atom stereocenters. The van der Waals surface area contributed by atoms with Crippen LogP contribution in [0.25, 0.3) is 0 Å². The largest absolute Gasteiger partial charge is 0.343 e. The highest BCUT2D eigenvalue weighted by Crippen LogP contribution is 2.30. The van der Waals surface area contributed by atoms with Crippen LogP contribution in [0.15, 0.2) is 48.5 Å². The van der Waals surface area contributed by atoms with Gasteiger partial charge < -0.3 is 4.57 Å². The van der Waals surface area contributed by atoms with E-state index in [1.807, 2.05) is 30.7 Å². The van der Waals surface area contributed by atoms with Crippen molar-refractivity contribution in [2.24, 2.45) is 7.05 Å². The summed E-state index contributed by atoms with van der Waals surface area (Å²) in [6, 6.07) is 13.8. The Labute approximate surface area is 180 Å². The second-order valence-corrected chi connectivity index (χ2v) is 9.44. The van der Waals surface area contributed by atoms with Crippen molar-refractivity contribution in [2.75, 3.05) is 11.0 Å². The lowest BCUT2D eigenvalue weighted by atomic mass is 10.1. The van der Waals surface area contributed by atoms with Crippen LogP contribution < -0.4 is 4.72 Å². The minimum Gasteiger partial charge on any atom is -0.343 e. The number of rotatable bonds is 6. The van der Waals surface area contributed by atoms with Gasteiger partial charge in [-0.15, -0.1) is 0 Å². The number of hydrogen-bond donors (Lipinski definition) is 1. The minimum absolute atomic E-state index is 0.123. The Hall–Kier alpha value is -2.28. The van der Waals surface area contributed by atoms with Gasteiger partial charge >= 0.3 is 0 Å².